The van der Waals surface area contributed by atoms with Gasteiger partial charge in [-0.1, -0.05) is 0 Å². The van der Waals surface area contributed by atoms with Gasteiger partial charge in [0.1, 0.15) is 17.3 Å². The van der Waals surface area contributed by atoms with Crippen molar-refractivity contribution in [2.45, 2.75) is 0 Å². The van der Waals surface area contributed by atoms with E-state index in [0.717, 1.165) is 22.2 Å². The highest BCUT2D eigenvalue weighted by Crippen LogP contribution is 2.31. The summed E-state index contributed by atoms with van der Waals surface area (Å²) in [6.45, 7) is 0. The standard InChI is InChI=1S/C16H16N4O3S/c1-20-9-10(8-17-20)4-14-15(19-16(21)24-14)18-11-5-12(22-2)7-13(6-11)23-3/h4-9H,1-3H3,(H,18,19,21)/b14-4+. The maximum Gasteiger partial charge on any atom is 0.289 e. The molecule has 1 aromatic carbocycles. The fourth-order valence-electron chi connectivity index (χ4n) is 2.16. The molecule has 8 heteroatoms. The predicted molar refractivity (Wildman–Crippen MR) is 93.9 cm³/mol. The molecule has 2 heterocycles. The number of aliphatic imine (C=N–C) groups is 1. The summed E-state index contributed by atoms with van der Waals surface area (Å²) in [4.78, 5) is 17.0. The van der Waals surface area contributed by atoms with Gasteiger partial charge in [-0.15, -0.1) is 0 Å². The Labute approximate surface area is 143 Å². The molecule has 7 nitrogen and oxygen atoms in total. The number of benzene rings is 1. The van der Waals surface area contributed by atoms with Crippen molar-refractivity contribution in [3.8, 4) is 11.5 Å². The van der Waals surface area contributed by atoms with E-state index in [1.165, 1.54) is 0 Å². The van der Waals surface area contributed by atoms with Crippen molar-refractivity contribution < 1.29 is 14.3 Å². The van der Waals surface area contributed by atoms with E-state index in [9.17, 15) is 4.79 Å². The average Bonchev–Trinajstić information content (AvgIpc) is 3.12. The number of amides is 1. The molecule has 1 amide bonds. The molecule has 1 aromatic heterocycles. The van der Waals surface area contributed by atoms with Crippen LogP contribution >= 0.6 is 11.8 Å². The molecule has 0 saturated carbocycles. The van der Waals surface area contributed by atoms with Crippen molar-refractivity contribution in [3.05, 3.63) is 41.1 Å². The second-order valence-electron chi connectivity index (χ2n) is 5.00. The highest BCUT2D eigenvalue weighted by atomic mass is 32.2. The fourth-order valence-corrected chi connectivity index (χ4v) is 2.90. The lowest BCUT2D eigenvalue weighted by Crippen LogP contribution is -2.18. The van der Waals surface area contributed by atoms with Crippen LogP contribution in [0.25, 0.3) is 6.08 Å². The molecular weight excluding hydrogens is 328 g/mol. The second kappa shape index (κ2) is 6.79. The van der Waals surface area contributed by atoms with E-state index in [4.69, 9.17) is 9.47 Å². The summed E-state index contributed by atoms with van der Waals surface area (Å²) >= 11 is 1.10. The Morgan fingerprint density at radius 2 is 1.96 bits per heavy atom. The number of nitrogens with zero attached hydrogens (tertiary/aromatic N) is 3. The summed E-state index contributed by atoms with van der Waals surface area (Å²) < 4.78 is 12.2. The van der Waals surface area contributed by atoms with Gasteiger partial charge in [-0.05, 0) is 17.8 Å². The number of methoxy groups -OCH3 is 2. The van der Waals surface area contributed by atoms with Crippen LogP contribution in [0.3, 0.4) is 0 Å². The molecule has 0 bridgehead atoms. The van der Waals surface area contributed by atoms with Crippen molar-refractivity contribution in [3.63, 3.8) is 0 Å². The molecule has 1 N–H and O–H groups in total. The van der Waals surface area contributed by atoms with Gasteiger partial charge in [0.15, 0.2) is 0 Å². The lowest BCUT2D eigenvalue weighted by molar-refractivity contribution is 0.265. The molecule has 124 valence electrons. The van der Waals surface area contributed by atoms with Crippen LogP contribution in [0.2, 0.25) is 0 Å². The van der Waals surface area contributed by atoms with Crippen LogP contribution in [0.15, 0.2) is 40.5 Å². The van der Waals surface area contributed by atoms with Crippen LogP contribution in [0.1, 0.15) is 5.56 Å². The van der Waals surface area contributed by atoms with Gasteiger partial charge in [0, 0.05) is 37.0 Å². The number of carbonyl (C=O) groups is 1. The molecule has 0 unspecified atom stereocenters. The van der Waals surface area contributed by atoms with Crippen LogP contribution in [0.4, 0.5) is 10.5 Å². The zero-order valence-electron chi connectivity index (χ0n) is 13.4. The number of thioether (sulfide) groups is 1. The normalized spacial score (nSPS) is 17.4. The van der Waals surface area contributed by atoms with E-state index >= 15 is 0 Å². The minimum atomic E-state index is -0.168. The van der Waals surface area contributed by atoms with Crippen molar-refractivity contribution in [2.75, 3.05) is 14.2 Å². The molecule has 1 saturated heterocycles. The first kappa shape index (κ1) is 16.1. The molecule has 2 aromatic rings. The third-order valence-electron chi connectivity index (χ3n) is 3.26. The second-order valence-corrected chi connectivity index (χ2v) is 6.02. The largest absolute Gasteiger partial charge is 0.497 e. The third kappa shape index (κ3) is 3.60. The molecule has 0 atom stereocenters. The molecule has 0 radical (unpaired) electrons. The Hall–Kier alpha value is -2.74. The monoisotopic (exact) mass is 344 g/mol. The van der Waals surface area contributed by atoms with Crippen LogP contribution in [-0.4, -0.2) is 35.1 Å². The Morgan fingerprint density at radius 1 is 1.25 bits per heavy atom. The first-order chi connectivity index (χ1) is 11.6. The van der Waals surface area contributed by atoms with Gasteiger partial charge in [-0.3, -0.25) is 9.48 Å². The van der Waals surface area contributed by atoms with Gasteiger partial charge in [0.2, 0.25) is 0 Å². The number of aromatic nitrogens is 2. The minimum Gasteiger partial charge on any atom is -0.497 e. The van der Waals surface area contributed by atoms with E-state index in [2.05, 4.69) is 15.4 Å². The molecule has 1 aliphatic rings. The van der Waals surface area contributed by atoms with Gasteiger partial charge in [0.05, 0.1) is 31.0 Å². The summed E-state index contributed by atoms with van der Waals surface area (Å²) in [6.07, 6.45) is 5.46. The molecule has 1 fully saturated rings. The summed E-state index contributed by atoms with van der Waals surface area (Å²) in [7, 11) is 4.99. The maximum atomic E-state index is 11.8. The number of aryl methyl sites for hydroxylation is 1. The van der Waals surface area contributed by atoms with Gasteiger partial charge in [-0.2, -0.15) is 5.10 Å². The molecule has 24 heavy (non-hydrogen) atoms. The zero-order valence-corrected chi connectivity index (χ0v) is 14.3. The Morgan fingerprint density at radius 3 is 2.54 bits per heavy atom. The fraction of sp³-hybridized carbons (Fsp3) is 0.188. The Bertz CT molecular complexity index is 819. The number of ether oxygens (including phenoxy) is 2. The van der Waals surface area contributed by atoms with Crippen molar-refractivity contribution in [2.24, 2.45) is 12.0 Å². The number of carbonyl (C=O) groups excluding carboxylic acids is 1. The number of rotatable bonds is 4. The first-order valence-corrected chi connectivity index (χ1v) is 7.90. The first-order valence-electron chi connectivity index (χ1n) is 7.08. The highest BCUT2D eigenvalue weighted by molar-refractivity contribution is 8.18. The van der Waals surface area contributed by atoms with E-state index in [1.807, 2.05) is 19.3 Å². The van der Waals surface area contributed by atoms with Gasteiger partial charge in [0.25, 0.3) is 5.24 Å². The van der Waals surface area contributed by atoms with E-state index in [1.54, 1.807) is 43.3 Å². The van der Waals surface area contributed by atoms with Gasteiger partial charge < -0.3 is 14.8 Å². The van der Waals surface area contributed by atoms with Crippen LogP contribution in [0.5, 0.6) is 11.5 Å². The summed E-state index contributed by atoms with van der Waals surface area (Å²) in [6, 6.07) is 5.30. The summed E-state index contributed by atoms with van der Waals surface area (Å²) in [5, 5.41) is 6.70. The van der Waals surface area contributed by atoms with E-state index in [-0.39, 0.29) is 5.24 Å². The maximum absolute atomic E-state index is 11.8. The molecule has 0 spiro atoms. The third-order valence-corrected chi connectivity index (χ3v) is 4.07. The van der Waals surface area contributed by atoms with Gasteiger partial charge >= 0.3 is 0 Å². The van der Waals surface area contributed by atoms with Crippen LogP contribution in [0, 0.1) is 0 Å². The van der Waals surface area contributed by atoms with E-state index < -0.39 is 0 Å². The Balaban J connectivity index is 1.98. The number of hydrogen-bond acceptors (Lipinski definition) is 6. The van der Waals surface area contributed by atoms with Crippen molar-refractivity contribution >= 4 is 34.6 Å². The Kier molecular flexibility index (Phi) is 4.57. The van der Waals surface area contributed by atoms with E-state index in [0.29, 0.717) is 23.0 Å². The zero-order chi connectivity index (χ0) is 17.1. The summed E-state index contributed by atoms with van der Waals surface area (Å²) in [5.41, 5.74) is 1.52. The van der Waals surface area contributed by atoms with Crippen LogP contribution < -0.4 is 14.8 Å². The number of nitrogens with one attached hydrogen (secondary N) is 1. The van der Waals surface area contributed by atoms with Gasteiger partial charge in [-0.25, -0.2) is 4.99 Å². The molecular formula is C16H16N4O3S. The average molecular weight is 344 g/mol. The SMILES string of the molecule is COc1cc(N=C2NC(=O)S/C2=C/c2cnn(C)c2)cc(OC)c1. The lowest BCUT2D eigenvalue weighted by atomic mass is 10.2. The molecule has 3 rings (SSSR count). The summed E-state index contributed by atoms with van der Waals surface area (Å²) in [5.74, 6) is 1.75. The quantitative estimate of drug-likeness (QED) is 0.922. The topological polar surface area (TPSA) is 77.7 Å². The molecule has 1 aliphatic heterocycles. The smallest absolute Gasteiger partial charge is 0.289 e. The number of amidine groups is 1. The molecule has 0 aliphatic carbocycles. The minimum absolute atomic E-state index is 0.168. The van der Waals surface area contributed by atoms with Crippen molar-refractivity contribution in [1.82, 2.24) is 15.1 Å². The number of hydrogen-bond donors (Lipinski definition) is 1. The predicted octanol–water partition coefficient (Wildman–Crippen LogP) is 2.96. The lowest BCUT2D eigenvalue weighted by Gasteiger charge is -2.06. The highest BCUT2D eigenvalue weighted by Gasteiger charge is 2.23. The van der Waals surface area contributed by atoms with Crippen LogP contribution in [-0.2, 0) is 7.05 Å². The van der Waals surface area contributed by atoms with Crippen molar-refractivity contribution in [1.29, 1.82) is 0 Å².